The van der Waals surface area contributed by atoms with Gasteiger partial charge in [0.05, 0.1) is 12.5 Å². The minimum atomic E-state index is -3.79. The number of hydrogen-bond donors (Lipinski definition) is 3. The highest BCUT2D eigenvalue weighted by Gasteiger charge is 2.39. The topological polar surface area (TPSA) is 152 Å². The van der Waals surface area contributed by atoms with E-state index in [0.29, 0.717) is 12.8 Å². The fraction of sp³-hybridized carbons (Fsp3) is 0.471. The van der Waals surface area contributed by atoms with Crippen LogP contribution < -0.4 is 15.8 Å². The van der Waals surface area contributed by atoms with Crippen molar-refractivity contribution in [2.45, 2.75) is 24.7 Å². The molecule has 0 saturated carbocycles. The molecule has 2 heterocycles. The first-order chi connectivity index (χ1) is 13.6. The minimum absolute atomic E-state index is 0.0386. The first-order valence-corrected chi connectivity index (χ1v) is 10.2. The average molecular weight is 430 g/mol. The number of piperidine rings is 1. The number of aromatic nitrogens is 1. The smallest absolute Gasteiger partial charge is 0.404 e. The van der Waals surface area contributed by atoms with Crippen molar-refractivity contribution in [2.24, 2.45) is 11.1 Å². The molecule has 29 heavy (non-hydrogen) atoms. The summed E-state index contributed by atoms with van der Waals surface area (Å²) in [5, 5.41) is 10.5. The highest BCUT2D eigenvalue weighted by molar-refractivity contribution is 7.89. The second kappa shape index (κ2) is 9.18. The van der Waals surface area contributed by atoms with E-state index in [1.165, 1.54) is 16.4 Å². The van der Waals surface area contributed by atoms with E-state index < -0.39 is 27.4 Å². The molecule has 160 valence electrons. The van der Waals surface area contributed by atoms with E-state index in [1.54, 1.807) is 6.92 Å². The number of halogens is 1. The number of primary amides is 1. The van der Waals surface area contributed by atoms with Crippen LogP contribution in [0.2, 0.25) is 0 Å². The SMILES string of the molecule is CC1(C(N)=O)CCN(S(=O)(=O)c2ccc(OCC(=CF)CNC(=O)O)nc2)CC1. The summed E-state index contributed by atoms with van der Waals surface area (Å²) in [7, 11) is -3.79. The molecule has 0 atom stereocenters. The maximum absolute atomic E-state index is 12.7. The molecule has 0 aliphatic carbocycles. The summed E-state index contributed by atoms with van der Waals surface area (Å²) < 4.78 is 44.7. The molecule has 1 aromatic heterocycles. The van der Waals surface area contributed by atoms with Gasteiger partial charge in [-0.3, -0.25) is 4.79 Å². The number of sulfonamides is 1. The molecule has 1 fully saturated rings. The lowest BCUT2D eigenvalue weighted by atomic mass is 9.80. The van der Waals surface area contributed by atoms with Gasteiger partial charge in [-0.25, -0.2) is 22.6 Å². The van der Waals surface area contributed by atoms with E-state index in [0.717, 1.165) is 6.20 Å². The zero-order valence-electron chi connectivity index (χ0n) is 15.8. The molecule has 0 spiro atoms. The lowest BCUT2D eigenvalue weighted by Crippen LogP contribution is -2.47. The average Bonchev–Trinajstić information content (AvgIpc) is 2.68. The van der Waals surface area contributed by atoms with E-state index in [9.17, 15) is 22.4 Å². The molecule has 1 aliphatic rings. The van der Waals surface area contributed by atoms with Crippen molar-refractivity contribution in [3.05, 3.63) is 30.2 Å². The van der Waals surface area contributed by atoms with Crippen LogP contribution in [0.4, 0.5) is 9.18 Å². The molecule has 2 amide bonds. The largest absolute Gasteiger partial charge is 0.473 e. The summed E-state index contributed by atoms with van der Waals surface area (Å²) in [6.07, 6.45) is 0.717. The normalized spacial score (nSPS) is 17.5. The predicted octanol–water partition coefficient (Wildman–Crippen LogP) is 0.858. The fourth-order valence-electron chi connectivity index (χ4n) is 2.70. The molecular formula is C17H23FN4O6S. The van der Waals surface area contributed by atoms with Crippen molar-refractivity contribution in [1.29, 1.82) is 0 Å². The first-order valence-electron chi connectivity index (χ1n) is 8.72. The molecule has 0 unspecified atom stereocenters. The van der Waals surface area contributed by atoms with Crippen molar-refractivity contribution in [2.75, 3.05) is 26.2 Å². The second-order valence-electron chi connectivity index (χ2n) is 6.88. The van der Waals surface area contributed by atoms with Crippen LogP contribution in [0.1, 0.15) is 19.8 Å². The van der Waals surface area contributed by atoms with E-state index in [-0.39, 0.29) is 48.9 Å². The minimum Gasteiger partial charge on any atom is -0.473 e. The van der Waals surface area contributed by atoms with E-state index in [4.69, 9.17) is 15.6 Å². The summed E-state index contributed by atoms with van der Waals surface area (Å²) in [4.78, 5) is 25.8. The highest BCUT2D eigenvalue weighted by Crippen LogP contribution is 2.32. The van der Waals surface area contributed by atoms with Crippen LogP contribution in [0.15, 0.2) is 35.1 Å². The molecule has 4 N–H and O–H groups in total. The van der Waals surface area contributed by atoms with Gasteiger partial charge in [-0.2, -0.15) is 4.31 Å². The summed E-state index contributed by atoms with van der Waals surface area (Å²) >= 11 is 0. The number of pyridine rings is 1. The molecule has 1 aromatic rings. The van der Waals surface area contributed by atoms with Gasteiger partial charge in [-0.15, -0.1) is 0 Å². The van der Waals surface area contributed by atoms with Crippen LogP contribution in [0.3, 0.4) is 0 Å². The molecule has 2 rings (SSSR count). The van der Waals surface area contributed by atoms with E-state index in [1.807, 2.05) is 5.32 Å². The first kappa shape index (κ1) is 22.6. The van der Waals surface area contributed by atoms with Crippen LogP contribution >= 0.6 is 0 Å². The molecule has 12 heteroatoms. The number of ether oxygens (including phenoxy) is 1. The van der Waals surface area contributed by atoms with Crippen molar-refractivity contribution in [3.8, 4) is 5.88 Å². The van der Waals surface area contributed by atoms with Crippen LogP contribution in [0.5, 0.6) is 5.88 Å². The molecule has 0 radical (unpaired) electrons. The molecule has 0 bridgehead atoms. The van der Waals surface area contributed by atoms with Gasteiger partial charge < -0.3 is 20.9 Å². The second-order valence-corrected chi connectivity index (χ2v) is 8.81. The van der Waals surface area contributed by atoms with Crippen LogP contribution in [-0.2, 0) is 14.8 Å². The van der Waals surface area contributed by atoms with Crippen molar-refractivity contribution in [1.82, 2.24) is 14.6 Å². The monoisotopic (exact) mass is 430 g/mol. The fourth-order valence-corrected chi connectivity index (χ4v) is 4.08. The number of nitrogens with one attached hydrogen (secondary N) is 1. The Bertz CT molecular complexity index is 880. The van der Waals surface area contributed by atoms with Crippen molar-refractivity contribution < 1.29 is 32.2 Å². The Labute approximate surface area is 167 Å². The summed E-state index contributed by atoms with van der Waals surface area (Å²) in [5.74, 6) is -0.392. The van der Waals surface area contributed by atoms with Crippen molar-refractivity contribution >= 4 is 22.0 Å². The van der Waals surface area contributed by atoms with Gasteiger partial charge in [0, 0.05) is 36.7 Å². The predicted molar refractivity (Wildman–Crippen MR) is 100 cm³/mol. The van der Waals surface area contributed by atoms with Gasteiger partial charge in [-0.05, 0) is 18.9 Å². The number of rotatable bonds is 8. The number of amides is 2. The number of hydrogen-bond acceptors (Lipinski definition) is 6. The Morgan fingerprint density at radius 2 is 2.07 bits per heavy atom. The summed E-state index contributed by atoms with van der Waals surface area (Å²) in [6, 6.07) is 2.64. The standard InChI is InChI=1S/C17H23FN4O6S/c1-17(15(19)23)4-6-22(7-5-17)29(26,27)13-2-3-14(20-10-13)28-11-12(8-18)9-21-16(24)25/h2-3,8,10,21H,4-7,9,11H2,1H3,(H2,19,23)(H,24,25). The summed E-state index contributed by atoms with van der Waals surface area (Å²) in [5.41, 5.74) is 4.70. The Balaban J connectivity index is 1.98. The third-order valence-corrected chi connectivity index (χ3v) is 6.68. The zero-order valence-corrected chi connectivity index (χ0v) is 16.6. The number of nitrogens with two attached hydrogens (primary N) is 1. The number of carbonyl (C=O) groups excluding carboxylic acids is 1. The number of nitrogens with zero attached hydrogens (tertiary/aromatic N) is 2. The summed E-state index contributed by atoms with van der Waals surface area (Å²) in [6.45, 7) is 1.55. The molecule has 1 saturated heterocycles. The van der Waals surface area contributed by atoms with Crippen LogP contribution in [0.25, 0.3) is 0 Å². The third-order valence-electron chi connectivity index (χ3n) is 4.79. The molecular weight excluding hydrogens is 407 g/mol. The maximum Gasteiger partial charge on any atom is 0.404 e. The number of carbonyl (C=O) groups is 2. The Morgan fingerprint density at radius 3 is 2.55 bits per heavy atom. The molecule has 1 aliphatic heterocycles. The van der Waals surface area contributed by atoms with E-state index in [2.05, 4.69) is 4.98 Å². The Morgan fingerprint density at radius 1 is 1.41 bits per heavy atom. The lowest BCUT2D eigenvalue weighted by molar-refractivity contribution is -0.128. The van der Waals surface area contributed by atoms with Gasteiger partial charge in [0.1, 0.15) is 11.5 Å². The Kier molecular flexibility index (Phi) is 7.14. The van der Waals surface area contributed by atoms with Gasteiger partial charge >= 0.3 is 6.09 Å². The third kappa shape index (κ3) is 5.64. The molecule has 0 aromatic carbocycles. The molecule has 10 nitrogen and oxygen atoms in total. The van der Waals surface area contributed by atoms with Crippen LogP contribution in [0, 0.1) is 5.41 Å². The van der Waals surface area contributed by atoms with Crippen molar-refractivity contribution in [3.63, 3.8) is 0 Å². The lowest BCUT2D eigenvalue weighted by Gasteiger charge is -2.36. The quantitative estimate of drug-likeness (QED) is 0.553. The Hall–Kier alpha value is -2.73. The van der Waals surface area contributed by atoms with Gasteiger partial charge in [0.2, 0.25) is 21.8 Å². The van der Waals surface area contributed by atoms with Gasteiger partial charge in [0.25, 0.3) is 0 Å². The zero-order chi connectivity index (χ0) is 21.7. The highest BCUT2D eigenvalue weighted by atomic mass is 32.2. The number of carboxylic acid groups (broad SMARTS) is 1. The van der Waals surface area contributed by atoms with Crippen LogP contribution in [-0.4, -0.2) is 61.1 Å². The van der Waals surface area contributed by atoms with Gasteiger partial charge in [-0.1, -0.05) is 6.92 Å². The van der Waals surface area contributed by atoms with Gasteiger partial charge in [0.15, 0.2) is 0 Å². The van der Waals surface area contributed by atoms with E-state index >= 15 is 0 Å². The maximum atomic E-state index is 12.7.